The van der Waals surface area contributed by atoms with Crippen LogP contribution in [0.5, 0.6) is 5.75 Å². The molecule has 6 heteroatoms. The van der Waals surface area contributed by atoms with E-state index in [4.69, 9.17) is 4.74 Å². The summed E-state index contributed by atoms with van der Waals surface area (Å²) in [6, 6.07) is 9.47. The highest BCUT2D eigenvalue weighted by molar-refractivity contribution is 5.82. The number of amides is 2. The normalized spacial score (nSPS) is 22.5. The van der Waals surface area contributed by atoms with E-state index in [0.29, 0.717) is 24.9 Å². The maximum absolute atomic E-state index is 13.5. The number of carbonyl (C=O) groups is 2. The standard InChI is InChI=1S/C25H37N3O3/c1-20-11-13-28(14-12-20)25(30)24(21-7-5-6-8-21)27-17-15-26(16-18-27)23(29)19-31-22-9-3-2-4-10-22/h2-4,9-10,20-21,24H,5-8,11-19H2,1H3/t24-/m1/s1. The number of piperidine rings is 1. The molecule has 2 saturated heterocycles. The molecule has 0 bridgehead atoms. The van der Waals surface area contributed by atoms with Gasteiger partial charge in [0.1, 0.15) is 5.75 Å². The number of likely N-dealkylation sites (tertiary alicyclic amines) is 1. The van der Waals surface area contributed by atoms with Crippen molar-refractivity contribution >= 4 is 11.8 Å². The molecule has 4 rings (SSSR count). The lowest BCUT2D eigenvalue weighted by Crippen LogP contribution is -2.59. The van der Waals surface area contributed by atoms with E-state index in [2.05, 4.69) is 16.7 Å². The van der Waals surface area contributed by atoms with Crippen molar-refractivity contribution in [3.8, 4) is 5.75 Å². The van der Waals surface area contributed by atoms with Crippen LogP contribution in [0.2, 0.25) is 0 Å². The Balaban J connectivity index is 1.32. The molecule has 2 heterocycles. The molecule has 6 nitrogen and oxygen atoms in total. The largest absolute Gasteiger partial charge is 0.484 e. The first-order valence-corrected chi connectivity index (χ1v) is 12.1. The van der Waals surface area contributed by atoms with Gasteiger partial charge >= 0.3 is 0 Å². The minimum Gasteiger partial charge on any atom is -0.484 e. The third-order valence-corrected chi connectivity index (χ3v) is 7.36. The van der Waals surface area contributed by atoms with Crippen LogP contribution in [0.1, 0.15) is 45.4 Å². The highest BCUT2D eigenvalue weighted by Crippen LogP contribution is 2.32. The van der Waals surface area contributed by atoms with Crippen molar-refractivity contribution in [2.24, 2.45) is 11.8 Å². The third kappa shape index (κ3) is 5.59. The fourth-order valence-electron chi connectivity index (χ4n) is 5.35. The number of piperazine rings is 1. The van der Waals surface area contributed by atoms with Gasteiger partial charge in [0, 0.05) is 39.3 Å². The molecule has 1 aromatic rings. The van der Waals surface area contributed by atoms with Crippen molar-refractivity contribution in [2.75, 3.05) is 45.9 Å². The van der Waals surface area contributed by atoms with Crippen molar-refractivity contribution in [3.63, 3.8) is 0 Å². The fourth-order valence-corrected chi connectivity index (χ4v) is 5.35. The number of hydrogen-bond acceptors (Lipinski definition) is 4. The smallest absolute Gasteiger partial charge is 0.260 e. The van der Waals surface area contributed by atoms with E-state index < -0.39 is 0 Å². The van der Waals surface area contributed by atoms with Crippen molar-refractivity contribution < 1.29 is 14.3 Å². The Labute approximate surface area is 186 Å². The molecule has 170 valence electrons. The molecule has 1 aliphatic carbocycles. The zero-order valence-electron chi connectivity index (χ0n) is 18.9. The van der Waals surface area contributed by atoms with Crippen molar-refractivity contribution in [3.05, 3.63) is 30.3 Å². The monoisotopic (exact) mass is 427 g/mol. The highest BCUT2D eigenvalue weighted by atomic mass is 16.5. The summed E-state index contributed by atoms with van der Waals surface area (Å²) in [5, 5.41) is 0. The summed E-state index contributed by atoms with van der Waals surface area (Å²) >= 11 is 0. The number of carbonyl (C=O) groups excluding carboxylic acids is 2. The third-order valence-electron chi connectivity index (χ3n) is 7.36. The van der Waals surface area contributed by atoms with Crippen LogP contribution in [0.3, 0.4) is 0 Å². The van der Waals surface area contributed by atoms with E-state index in [1.54, 1.807) is 0 Å². The zero-order chi connectivity index (χ0) is 21.6. The molecule has 2 amide bonds. The summed E-state index contributed by atoms with van der Waals surface area (Å²) in [7, 11) is 0. The molecule has 0 N–H and O–H groups in total. The zero-order valence-corrected chi connectivity index (χ0v) is 18.9. The van der Waals surface area contributed by atoms with Gasteiger partial charge in [-0.1, -0.05) is 38.0 Å². The molecular weight excluding hydrogens is 390 g/mol. The molecule has 1 saturated carbocycles. The number of rotatable bonds is 6. The van der Waals surface area contributed by atoms with Gasteiger partial charge in [0.2, 0.25) is 5.91 Å². The first-order valence-electron chi connectivity index (χ1n) is 12.1. The summed E-state index contributed by atoms with van der Waals surface area (Å²) in [5.74, 6) is 2.28. The van der Waals surface area contributed by atoms with E-state index in [0.717, 1.165) is 63.5 Å². The molecule has 3 fully saturated rings. The van der Waals surface area contributed by atoms with E-state index in [1.165, 1.54) is 12.8 Å². The summed E-state index contributed by atoms with van der Waals surface area (Å²) < 4.78 is 5.64. The lowest BCUT2D eigenvalue weighted by atomic mass is 9.92. The average molecular weight is 428 g/mol. The van der Waals surface area contributed by atoms with Gasteiger partial charge in [-0.15, -0.1) is 0 Å². The molecule has 0 radical (unpaired) electrons. The molecular formula is C25H37N3O3. The van der Waals surface area contributed by atoms with Gasteiger partial charge < -0.3 is 14.5 Å². The van der Waals surface area contributed by atoms with Gasteiger partial charge in [0.05, 0.1) is 6.04 Å². The molecule has 3 aliphatic rings. The Bertz CT molecular complexity index is 719. The molecule has 1 aromatic carbocycles. The van der Waals surface area contributed by atoms with Crippen LogP contribution in [0, 0.1) is 11.8 Å². The molecule has 0 unspecified atom stereocenters. The van der Waals surface area contributed by atoms with E-state index in [9.17, 15) is 9.59 Å². The second-order valence-corrected chi connectivity index (χ2v) is 9.52. The Morgan fingerprint density at radius 3 is 2.19 bits per heavy atom. The maximum Gasteiger partial charge on any atom is 0.260 e. The molecule has 0 spiro atoms. The second kappa shape index (κ2) is 10.5. The van der Waals surface area contributed by atoms with Crippen LogP contribution in [-0.4, -0.2) is 78.4 Å². The highest BCUT2D eigenvalue weighted by Gasteiger charge is 2.39. The van der Waals surface area contributed by atoms with Crippen LogP contribution in [0.15, 0.2) is 30.3 Å². The summed E-state index contributed by atoms with van der Waals surface area (Å²) in [6.45, 7) is 7.05. The quantitative estimate of drug-likeness (QED) is 0.700. The Kier molecular flexibility index (Phi) is 7.49. The van der Waals surface area contributed by atoms with Crippen LogP contribution < -0.4 is 4.74 Å². The molecule has 1 atom stereocenters. The molecule has 2 aliphatic heterocycles. The van der Waals surface area contributed by atoms with Crippen LogP contribution >= 0.6 is 0 Å². The molecule has 31 heavy (non-hydrogen) atoms. The topological polar surface area (TPSA) is 53.1 Å². The van der Waals surface area contributed by atoms with Crippen molar-refractivity contribution in [2.45, 2.75) is 51.5 Å². The van der Waals surface area contributed by atoms with Crippen molar-refractivity contribution in [1.29, 1.82) is 0 Å². The van der Waals surface area contributed by atoms with Gasteiger partial charge in [-0.05, 0) is 49.7 Å². The molecule has 0 aromatic heterocycles. The number of para-hydroxylation sites is 1. The number of nitrogens with zero attached hydrogens (tertiary/aromatic N) is 3. The minimum absolute atomic E-state index is 0.00581. The number of benzene rings is 1. The Morgan fingerprint density at radius 2 is 1.55 bits per heavy atom. The summed E-state index contributed by atoms with van der Waals surface area (Å²) in [6.07, 6.45) is 7.02. The van der Waals surface area contributed by atoms with E-state index in [1.807, 2.05) is 35.2 Å². The second-order valence-electron chi connectivity index (χ2n) is 9.52. The number of ether oxygens (including phenoxy) is 1. The van der Waals surface area contributed by atoms with Crippen LogP contribution in [-0.2, 0) is 9.59 Å². The van der Waals surface area contributed by atoms with E-state index in [-0.39, 0.29) is 18.6 Å². The average Bonchev–Trinajstić information content (AvgIpc) is 3.33. The first kappa shape index (κ1) is 22.1. The van der Waals surface area contributed by atoms with Gasteiger partial charge in [0.15, 0.2) is 6.61 Å². The van der Waals surface area contributed by atoms with Gasteiger partial charge in [-0.2, -0.15) is 0 Å². The SMILES string of the molecule is CC1CCN(C(=O)[C@@H](C2CCCC2)N2CCN(C(=O)COc3ccccc3)CC2)CC1. The minimum atomic E-state index is -0.00581. The van der Waals surface area contributed by atoms with Crippen LogP contribution in [0.25, 0.3) is 0 Å². The lowest BCUT2D eigenvalue weighted by Gasteiger charge is -2.43. The summed E-state index contributed by atoms with van der Waals surface area (Å²) in [5.41, 5.74) is 0. The fraction of sp³-hybridized carbons (Fsp3) is 0.680. The van der Waals surface area contributed by atoms with Gasteiger partial charge in [-0.3, -0.25) is 14.5 Å². The first-order chi connectivity index (χ1) is 15.1. The van der Waals surface area contributed by atoms with E-state index >= 15 is 0 Å². The Morgan fingerprint density at radius 1 is 0.903 bits per heavy atom. The maximum atomic E-state index is 13.5. The lowest BCUT2D eigenvalue weighted by molar-refractivity contribution is -0.143. The van der Waals surface area contributed by atoms with Crippen LogP contribution in [0.4, 0.5) is 0 Å². The number of hydrogen-bond donors (Lipinski definition) is 0. The predicted molar refractivity (Wildman–Crippen MR) is 121 cm³/mol. The van der Waals surface area contributed by atoms with Gasteiger partial charge in [-0.25, -0.2) is 0 Å². The summed E-state index contributed by atoms with van der Waals surface area (Å²) in [4.78, 5) is 32.6. The van der Waals surface area contributed by atoms with Gasteiger partial charge in [0.25, 0.3) is 5.91 Å². The Hall–Kier alpha value is -2.08. The van der Waals surface area contributed by atoms with Crippen molar-refractivity contribution in [1.82, 2.24) is 14.7 Å². The predicted octanol–water partition coefficient (Wildman–Crippen LogP) is 3.03.